The highest BCUT2D eigenvalue weighted by atomic mass is 16.5. The van der Waals surface area contributed by atoms with Gasteiger partial charge in [-0.1, -0.05) is 33.8 Å². The predicted molar refractivity (Wildman–Crippen MR) is 75.2 cm³/mol. The molecule has 0 aromatic heterocycles. The van der Waals surface area contributed by atoms with Crippen molar-refractivity contribution in [1.29, 1.82) is 0 Å². The third-order valence-electron chi connectivity index (χ3n) is 3.52. The summed E-state index contributed by atoms with van der Waals surface area (Å²) in [6, 6.07) is 4.11. The molecule has 0 aliphatic rings. The summed E-state index contributed by atoms with van der Waals surface area (Å²) in [5, 5.41) is 0. The number of esters is 1. The Hall–Kier alpha value is -1.31. The summed E-state index contributed by atoms with van der Waals surface area (Å²) in [4.78, 5) is 11.5. The van der Waals surface area contributed by atoms with Crippen LogP contribution in [0.4, 0.5) is 0 Å². The van der Waals surface area contributed by atoms with Crippen LogP contribution >= 0.6 is 0 Å². The maximum Gasteiger partial charge on any atom is 0.310 e. The second-order valence-corrected chi connectivity index (χ2v) is 5.52. The van der Waals surface area contributed by atoms with Gasteiger partial charge in [0.25, 0.3) is 0 Å². The summed E-state index contributed by atoms with van der Waals surface area (Å²) in [5.41, 5.74) is 3.49. The Balaban J connectivity index is 3.34. The van der Waals surface area contributed by atoms with Crippen LogP contribution < -0.4 is 4.74 Å². The van der Waals surface area contributed by atoms with Gasteiger partial charge in [0.2, 0.25) is 0 Å². The van der Waals surface area contributed by atoms with Crippen molar-refractivity contribution >= 4 is 5.97 Å². The van der Waals surface area contributed by atoms with Gasteiger partial charge in [-0.3, -0.25) is 4.79 Å². The van der Waals surface area contributed by atoms with Gasteiger partial charge in [0.1, 0.15) is 5.75 Å². The van der Waals surface area contributed by atoms with E-state index in [0.717, 1.165) is 23.3 Å². The normalized spacial score (nSPS) is 11.4. The van der Waals surface area contributed by atoms with Crippen LogP contribution in [0.1, 0.15) is 57.2 Å². The zero-order valence-corrected chi connectivity index (χ0v) is 12.4. The van der Waals surface area contributed by atoms with E-state index in [9.17, 15) is 4.79 Å². The third-order valence-corrected chi connectivity index (χ3v) is 3.52. The number of hydrogen-bond acceptors (Lipinski definition) is 2. The first-order chi connectivity index (χ1) is 8.31. The van der Waals surface area contributed by atoms with Gasteiger partial charge >= 0.3 is 5.97 Å². The highest BCUT2D eigenvalue weighted by Gasteiger charge is 2.25. The molecule has 0 aliphatic carbocycles. The monoisotopic (exact) mass is 248 g/mol. The standard InChI is InChI=1S/C16H24O2/c1-7-14(17)18-13-10-11(3)9-12(4)15(13)16(5,6)8-2/h9-10H,7-8H2,1-6H3. The lowest BCUT2D eigenvalue weighted by Gasteiger charge is -2.28. The van der Waals surface area contributed by atoms with E-state index in [-0.39, 0.29) is 11.4 Å². The van der Waals surface area contributed by atoms with E-state index in [0.29, 0.717) is 6.42 Å². The fourth-order valence-corrected chi connectivity index (χ4v) is 2.25. The van der Waals surface area contributed by atoms with Crippen molar-refractivity contribution in [2.24, 2.45) is 0 Å². The predicted octanol–water partition coefficient (Wildman–Crippen LogP) is 4.31. The van der Waals surface area contributed by atoms with E-state index in [1.165, 1.54) is 5.56 Å². The molecule has 0 bridgehead atoms. The summed E-state index contributed by atoms with van der Waals surface area (Å²) in [5.74, 6) is 0.555. The minimum absolute atomic E-state index is 0.0150. The zero-order chi connectivity index (χ0) is 13.9. The Kier molecular flexibility index (Phi) is 4.55. The molecule has 2 nitrogen and oxygen atoms in total. The number of hydrogen-bond donors (Lipinski definition) is 0. The molecule has 0 saturated carbocycles. The molecule has 0 N–H and O–H groups in total. The highest BCUT2D eigenvalue weighted by molar-refractivity contribution is 5.73. The van der Waals surface area contributed by atoms with Crippen LogP contribution in [0.25, 0.3) is 0 Å². The van der Waals surface area contributed by atoms with E-state index in [1.54, 1.807) is 0 Å². The van der Waals surface area contributed by atoms with E-state index < -0.39 is 0 Å². The summed E-state index contributed by atoms with van der Waals surface area (Å²) in [7, 11) is 0. The molecule has 1 rings (SSSR count). The summed E-state index contributed by atoms with van der Waals surface area (Å²) in [6.07, 6.45) is 1.41. The Bertz CT molecular complexity index is 445. The number of carbonyl (C=O) groups is 1. The minimum Gasteiger partial charge on any atom is -0.426 e. The maximum atomic E-state index is 11.5. The Morgan fingerprint density at radius 2 is 1.83 bits per heavy atom. The Labute approximate surface area is 110 Å². The molecule has 0 spiro atoms. The first-order valence-corrected chi connectivity index (χ1v) is 6.64. The molecule has 2 heteroatoms. The molecular weight excluding hydrogens is 224 g/mol. The largest absolute Gasteiger partial charge is 0.426 e. The minimum atomic E-state index is -0.173. The molecule has 0 amide bonds. The lowest BCUT2D eigenvalue weighted by atomic mass is 9.79. The molecule has 0 radical (unpaired) electrons. The molecule has 100 valence electrons. The lowest BCUT2D eigenvalue weighted by Crippen LogP contribution is -2.20. The Morgan fingerprint density at radius 1 is 1.22 bits per heavy atom. The Morgan fingerprint density at radius 3 is 2.33 bits per heavy atom. The SMILES string of the molecule is CCC(=O)Oc1cc(C)cc(C)c1C(C)(C)CC. The number of ether oxygens (including phenoxy) is 1. The summed E-state index contributed by atoms with van der Waals surface area (Å²) >= 11 is 0. The average Bonchev–Trinajstić information content (AvgIpc) is 2.27. The lowest BCUT2D eigenvalue weighted by molar-refractivity contribution is -0.134. The quantitative estimate of drug-likeness (QED) is 0.586. The van der Waals surface area contributed by atoms with Crippen molar-refractivity contribution in [3.8, 4) is 5.75 Å². The van der Waals surface area contributed by atoms with Crippen LogP contribution in [0, 0.1) is 13.8 Å². The third kappa shape index (κ3) is 3.12. The van der Waals surface area contributed by atoms with Crippen molar-refractivity contribution in [3.05, 3.63) is 28.8 Å². The van der Waals surface area contributed by atoms with Gasteiger partial charge < -0.3 is 4.74 Å². The van der Waals surface area contributed by atoms with Crippen LogP contribution in [0.15, 0.2) is 12.1 Å². The molecular formula is C16H24O2. The van der Waals surface area contributed by atoms with Gasteiger partial charge in [-0.05, 0) is 42.9 Å². The topological polar surface area (TPSA) is 26.3 Å². The van der Waals surface area contributed by atoms with Gasteiger partial charge in [0.05, 0.1) is 0 Å². The second-order valence-electron chi connectivity index (χ2n) is 5.52. The molecule has 1 aromatic rings. The molecule has 0 atom stereocenters. The first kappa shape index (κ1) is 14.7. The van der Waals surface area contributed by atoms with Gasteiger partial charge in [-0.2, -0.15) is 0 Å². The molecule has 0 heterocycles. The molecule has 0 unspecified atom stereocenters. The van der Waals surface area contributed by atoms with Crippen LogP contribution in [-0.2, 0) is 10.2 Å². The van der Waals surface area contributed by atoms with Crippen LogP contribution in [0.2, 0.25) is 0 Å². The van der Waals surface area contributed by atoms with E-state index in [1.807, 2.05) is 19.9 Å². The zero-order valence-electron chi connectivity index (χ0n) is 12.4. The van der Waals surface area contributed by atoms with E-state index in [2.05, 4.69) is 33.8 Å². The van der Waals surface area contributed by atoms with Gasteiger partial charge in [-0.15, -0.1) is 0 Å². The summed E-state index contributed by atoms with van der Waals surface area (Å²) < 4.78 is 5.51. The van der Waals surface area contributed by atoms with E-state index >= 15 is 0 Å². The van der Waals surface area contributed by atoms with Gasteiger partial charge in [-0.25, -0.2) is 0 Å². The van der Waals surface area contributed by atoms with Gasteiger partial charge in [0, 0.05) is 12.0 Å². The highest BCUT2D eigenvalue weighted by Crippen LogP contribution is 2.37. The number of rotatable bonds is 4. The molecule has 18 heavy (non-hydrogen) atoms. The number of carbonyl (C=O) groups excluding carboxylic acids is 1. The fraction of sp³-hybridized carbons (Fsp3) is 0.562. The van der Waals surface area contributed by atoms with Gasteiger partial charge in [0.15, 0.2) is 0 Å². The first-order valence-electron chi connectivity index (χ1n) is 6.64. The maximum absolute atomic E-state index is 11.5. The van der Waals surface area contributed by atoms with E-state index in [4.69, 9.17) is 4.74 Å². The molecule has 0 saturated heterocycles. The van der Waals surface area contributed by atoms with Crippen LogP contribution in [-0.4, -0.2) is 5.97 Å². The smallest absolute Gasteiger partial charge is 0.310 e. The van der Waals surface area contributed by atoms with Crippen molar-refractivity contribution in [3.63, 3.8) is 0 Å². The van der Waals surface area contributed by atoms with Crippen LogP contribution in [0.5, 0.6) is 5.75 Å². The molecule has 0 aliphatic heterocycles. The van der Waals surface area contributed by atoms with Crippen LogP contribution in [0.3, 0.4) is 0 Å². The fourth-order valence-electron chi connectivity index (χ4n) is 2.25. The summed E-state index contributed by atoms with van der Waals surface area (Å²) in [6.45, 7) is 12.5. The number of benzene rings is 1. The molecule has 0 fully saturated rings. The van der Waals surface area contributed by atoms with Crippen molar-refractivity contribution < 1.29 is 9.53 Å². The van der Waals surface area contributed by atoms with Crippen molar-refractivity contribution in [2.45, 2.75) is 59.8 Å². The average molecular weight is 248 g/mol. The van der Waals surface area contributed by atoms with Crippen molar-refractivity contribution in [1.82, 2.24) is 0 Å². The molecule has 1 aromatic carbocycles. The second kappa shape index (κ2) is 5.55. The van der Waals surface area contributed by atoms with Crippen molar-refractivity contribution in [2.75, 3.05) is 0 Å². The number of aryl methyl sites for hydroxylation is 2.